The van der Waals surface area contributed by atoms with E-state index < -0.39 is 5.97 Å². The molecule has 2 N–H and O–H groups in total. The molecule has 3 unspecified atom stereocenters. The van der Waals surface area contributed by atoms with Crippen LogP contribution in [-0.2, 0) is 6.54 Å². The van der Waals surface area contributed by atoms with Crippen LogP contribution in [0.1, 0.15) is 41.9 Å². The molecule has 0 aliphatic heterocycles. The Bertz CT molecular complexity index is 402. The number of hydrogen-bond donors (Lipinski definition) is 2. The molecule has 1 saturated carbocycles. The number of rotatable bonds is 4. The summed E-state index contributed by atoms with van der Waals surface area (Å²) in [6, 6.07) is 2.35. The third-order valence-electron chi connectivity index (χ3n) is 3.90. The van der Waals surface area contributed by atoms with Gasteiger partial charge in [-0.15, -0.1) is 11.3 Å². The number of carboxylic acid groups (broad SMARTS) is 1. The van der Waals surface area contributed by atoms with Crippen molar-refractivity contribution in [1.29, 1.82) is 0 Å². The molecule has 2 rings (SSSR count). The molecule has 4 heteroatoms. The smallest absolute Gasteiger partial charge is 0.336 e. The summed E-state index contributed by atoms with van der Waals surface area (Å²) >= 11 is 1.52. The van der Waals surface area contributed by atoms with Gasteiger partial charge in [-0.05, 0) is 30.7 Å². The van der Waals surface area contributed by atoms with Gasteiger partial charge in [0.1, 0.15) is 0 Å². The van der Waals surface area contributed by atoms with Crippen LogP contribution in [0, 0.1) is 11.8 Å². The monoisotopic (exact) mass is 253 g/mol. The Morgan fingerprint density at radius 3 is 2.82 bits per heavy atom. The van der Waals surface area contributed by atoms with Gasteiger partial charge in [-0.25, -0.2) is 4.79 Å². The Balaban J connectivity index is 1.87. The van der Waals surface area contributed by atoms with Crippen molar-refractivity contribution in [2.45, 2.75) is 39.3 Å². The summed E-state index contributed by atoms with van der Waals surface area (Å²) in [6.45, 7) is 5.39. The van der Waals surface area contributed by atoms with E-state index in [2.05, 4.69) is 19.2 Å². The number of aromatic carboxylic acids is 1. The summed E-state index contributed by atoms with van der Waals surface area (Å²) in [5, 5.41) is 14.1. The van der Waals surface area contributed by atoms with Crippen molar-refractivity contribution in [3.05, 3.63) is 21.9 Å². The molecule has 1 aromatic rings. The normalized spacial score (nSPS) is 28.5. The molecule has 0 bridgehead atoms. The van der Waals surface area contributed by atoms with Crippen molar-refractivity contribution < 1.29 is 9.90 Å². The summed E-state index contributed by atoms with van der Waals surface area (Å²) in [5.74, 6) is 0.676. The van der Waals surface area contributed by atoms with Crippen molar-refractivity contribution >= 4 is 17.3 Å². The molecule has 17 heavy (non-hydrogen) atoms. The van der Waals surface area contributed by atoms with Crippen LogP contribution in [0.15, 0.2) is 11.4 Å². The topological polar surface area (TPSA) is 49.3 Å². The molecular weight excluding hydrogens is 234 g/mol. The van der Waals surface area contributed by atoms with Gasteiger partial charge in [-0.3, -0.25) is 0 Å². The summed E-state index contributed by atoms with van der Waals surface area (Å²) in [7, 11) is 0. The first kappa shape index (κ1) is 12.6. The number of thiophene rings is 1. The van der Waals surface area contributed by atoms with E-state index in [-0.39, 0.29) is 0 Å². The zero-order chi connectivity index (χ0) is 12.4. The summed E-state index contributed by atoms with van der Waals surface area (Å²) in [5.41, 5.74) is 0.402. The fraction of sp³-hybridized carbons (Fsp3) is 0.615. The number of carboxylic acids is 1. The minimum absolute atomic E-state index is 0.402. The molecule has 0 aromatic carbocycles. The van der Waals surface area contributed by atoms with Crippen molar-refractivity contribution in [2.24, 2.45) is 11.8 Å². The minimum Gasteiger partial charge on any atom is -0.478 e. The minimum atomic E-state index is -0.838. The third kappa shape index (κ3) is 2.87. The van der Waals surface area contributed by atoms with E-state index in [4.69, 9.17) is 5.11 Å². The molecule has 1 aliphatic rings. The van der Waals surface area contributed by atoms with E-state index in [1.54, 1.807) is 11.4 Å². The first-order valence-corrected chi connectivity index (χ1v) is 7.00. The average molecular weight is 253 g/mol. The number of carbonyl (C=O) groups is 1. The van der Waals surface area contributed by atoms with Crippen LogP contribution in [0.5, 0.6) is 0 Å². The second-order valence-electron chi connectivity index (χ2n) is 5.01. The highest BCUT2D eigenvalue weighted by molar-refractivity contribution is 7.10. The number of hydrogen-bond acceptors (Lipinski definition) is 3. The summed E-state index contributed by atoms with van der Waals surface area (Å²) in [4.78, 5) is 11.9. The maximum absolute atomic E-state index is 10.8. The highest BCUT2D eigenvalue weighted by Gasteiger charge is 2.29. The molecule has 1 aliphatic carbocycles. The fourth-order valence-corrected chi connectivity index (χ4v) is 3.28. The van der Waals surface area contributed by atoms with Gasteiger partial charge in [0.2, 0.25) is 0 Å². The van der Waals surface area contributed by atoms with E-state index in [9.17, 15) is 4.79 Å². The Hall–Kier alpha value is -0.870. The lowest BCUT2D eigenvalue weighted by molar-refractivity contribution is 0.0697. The van der Waals surface area contributed by atoms with Gasteiger partial charge in [-0.2, -0.15) is 0 Å². The van der Waals surface area contributed by atoms with E-state index in [1.165, 1.54) is 24.2 Å². The van der Waals surface area contributed by atoms with Gasteiger partial charge < -0.3 is 10.4 Å². The molecule has 0 saturated heterocycles. The van der Waals surface area contributed by atoms with Crippen LogP contribution in [-0.4, -0.2) is 17.1 Å². The molecule has 94 valence electrons. The van der Waals surface area contributed by atoms with Crippen LogP contribution >= 0.6 is 11.3 Å². The molecule has 3 nitrogen and oxygen atoms in total. The average Bonchev–Trinajstić information content (AvgIpc) is 2.86. The third-order valence-corrected chi connectivity index (χ3v) is 4.84. The second-order valence-corrected chi connectivity index (χ2v) is 6.00. The molecule has 3 atom stereocenters. The molecule has 0 spiro atoms. The van der Waals surface area contributed by atoms with Gasteiger partial charge in [0.15, 0.2) is 0 Å². The highest BCUT2D eigenvalue weighted by Crippen LogP contribution is 2.31. The standard InChI is InChI=1S/C13H19NO2S/c1-8-3-4-12(9(8)2)14-6-11-5-10(7-17-11)13(15)16/h5,7-9,12,14H,3-4,6H2,1-2H3,(H,15,16). The van der Waals surface area contributed by atoms with Crippen LogP contribution in [0.4, 0.5) is 0 Å². The lowest BCUT2D eigenvalue weighted by atomic mass is 9.98. The summed E-state index contributed by atoms with van der Waals surface area (Å²) in [6.07, 6.45) is 2.53. The maximum Gasteiger partial charge on any atom is 0.336 e. The first-order valence-electron chi connectivity index (χ1n) is 6.12. The lowest BCUT2D eigenvalue weighted by Gasteiger charge is -2.19. The highest BCUT2D eigenvalue weighted by atomic mass is 32.1. The Labute approximate surface area is 106 Å². The van der Waals surface area contributed by atoms with E-state index in [0.29, 0.717) is 17.5 Å². The van der Waals surface area contributed by atoms with Gasteiger partial charge in [0, 0.05) is 22.8 Å². The molecule has 1 aromatic heterocycles. The number of nitrogens with one attached hydrogen (secondary N) is 1. The largest absolute Gasteiger partial charge is 0.478 e. The van der Waals surface area contributed by atoms with Crippen LogP contribution in [0.2, 0.25) is 0 Å². The molecule has 0 amide bonds. The zero-order valence-corrected chi connectivity index (χ0v) is 11.1. The Morgan fingerprint density at radius 2 is 2.29 bits per heavy atom. The van der Waals surface area contributed by atoms with Crippen molar-refractivity contribution in [2.75, 3.05) is 0 Å². The molecule has 1 heterocycles. The van der Waals surface area contributed by atoms with E-state index >= 15 is 0 Å². The predicted molar refractivity (Wildman–Crippen MR) is 69.5 cm³/mol. The van der Waals surface area contributed by atoms with Gasteiger partial charge in [-0.1, -0.05) is 13.8 Å². The SMILES string of the molecule is CC1CCC(NCc2cc(C(=O)O)cs2)C1C. The first-order chi connectivity index (χ1) is 8.08. The van der Waals surface area contributed by atoms with Crippen LogP contribution < -0.4 is 5.32 Å². The quantitative estimate of drug-likeness (QED) is 0.867. The fourth-order valence-electron chi connectivity index (χ4n) is 2.47. The molecular formula is C13H19NO2S. The van der Waals surface area contributed by atoms with Crippen LogP contribution in [0.25, 0.3) is 0 Å². The second kappa shape index (κ2) is 5.19. The zero-order valence-electron chi connectivity index (χ0n) is 10.3. The Morgan fingerprint density at radius 1 is 1.53 bits per heavy atom. The van der Waals surface area contributed by atoms with Crippen molar-refractivity contribution in [1.82, 2.24) is 5.32 Å². The molecule has 0 radical (unpaired) electrons. The van der Waals surface area contributed by atoms with Gasteiger partial charge in [0.05, 0.1) is 5.56 Å². The van der Waals surface area contributed by atoms with E-state index in [0.717, 1.165) is 17.3 Å². The van der Waals surface area contributed by atoms with Crippen molar-refractivity contribution in [3.63, 3.8) is 0 Å². The molecule has 1 fully saturated rings. The predicted octanol–water partition coefficient (Wildman–Crippen LogP) is 2.97. The van der Waals surface area contributed by atoms with E-state index in [1.807, 2.05) is 0 Å². The van der Waals surface area contributed by atoms with Gasteiger partial charge >= 0.3 is 5.97 Å². The Kier molecular flexibility index (Phi) is 3.84. The van der Waals surface area contributed by atoms with Crippen LogP contribution in [0.3, 0.4) is 0 Å². The lowest BCUT2D eigenvalue weighted by Crippen LogP contribution is -2.31. The maximum atomic E-state index is 10.8. The van der Waals surface area contributed by atoms with Gasteiger partial charge in [0.25, 0.3) is 0 Å². The summed E-state index contributed by atoms with van der Waals surface area (Å²) < 4.78 is 0. The van der Waals surface area contributed by atoms with Crippen molar-refractivity contribution in [3.8, 4) is 0 Å².